The number of anilines is 1. The van der Waals surface area contributed by atoms with E-state index in [0.717, 1.165) is 37.5 Å². The van der Waals surface area contributed by atoms with Crippen LogP contribution >= 0.6 is 12.4 Å². The zero-order valence-electron chi connectivity index (χ0n) is 14.5. The Kier molecular flexibility index (Phi) is 9.27. The minimum Gasteiger partial charge on any atom is -0.317 e. The molecular formula is C19H31ClN2O. The van der Waals surface area contributed by atoms with Crippen LogP contribution in [0.5, 0.6) is 0 Å². The monoisotopic (exact) mass is 338 g/mol. The summed E-state index contributed by atoms with van der Waals surface area (Å²) in [7, 11) is 1.89. The van der Waals surface area contributed by atoms with Gasteiger partial charge in [0.2, 0.25) is 5.91 Å². The highest BCUT2D eigenvalue weighted by molar-refractivity contribution is 5.92. The van der Waals surface area contributed by atoms with Crippen LogP contribution in [0.2, 0.25) is 0 Å². The summed E-state index contributed by atoms with van der Waals surface area (Å²) in [6, 6.07) is 8.46. The number of nitrogens with one attached hydrogen (secondary N) is 1. The van der Waals surface area contributed by atoms with Crippen molar-refractivity contribution >= 4 is 24.0 Å². The molecule has 130 valence electrons. The molecule has 1 heterocycles. The first-order chi connectivity index (χ1) is 10.7. The molecule has 0 saturated carbocycles. The van der Waals surface area contributed by atoms with Gasteiger partial charge in [-0.05, 0) is 68.8 Å². The number of nitrogens with zero attached hydrogens (tertiary/aromatic N) is 1. The Bertz CT molecular complexity index is 455. The van der Waals surface area contributed by atoms with E-state index in [4.69, 9.17) is 0 Å². The van der Waals surface area contributed by atoms with Crippen molar-refractivity contribution in [3.05, 3.63) is 29.8 Å². The second-order valence-corrected chi connectivity index (χ2v) is 6.45. The Morgan fingerprint density at radius 3 is 2.48 bits per heavy atom. The Morgan fingerprint density at radius 1 is 1.22 bits per heavy atom. The lowest BCUT2D eigenvalue weighted by molar-refractivity contribution is -0.118. The SMILES string of the molecule is CCCCc1ccc(N(C)C(=O)CCC2CCNCC2)cc1.Cl. The number of carbonyl (C=O) groups is 1. The maximum absolute atomic E-state index is 12.4. The first kappa shape index (κ1) is 20.0. The molecule has 1 fully saturated rings. The number of carbonyl (C=O) groups excluding carboxylic acids is 1. The van der Waals surface area contributed by atoms with Crippen LogP contribution in [0.3, 0.4) is 0 Å². The molecule has 1 aliphatic rings. The molecule has 1 amide bonds. The molecule has 1 saturated heterocycles. The average Bonchev–Trinajstić information content (AvgIpc) is 2.58. The van der Waals surface area contributed by atoms with E-state index in [2.05, 4.69) is 36.5 Å². The normalized spacial score (nSPS) is 15.0. The molecule has 0 radical (unpaired) electrons. The summed E-state index contributed by atoms with van der Waals surface area (Å²) in [6.45, 7) is 4.42. The fourth-order valence-electron chi connectivity index (χ4n) is 3.08. The summed E-state index contributed by atoms with van der Waals surface area (Å²) in [4.78, 5) is 14.2. The van der Waals surface area contributed by atoms with Crippen molar-refractivity contribution in [2.24, 2.45) is 5.92 Å². The van der Waals surface area contributed by atoms with E-state index in [0.29, 0.717) is 6.42 Å². The molecule has 3 nitrogen and oxygen atoms in total. The van der Waals surface area contributed by atoms with Gasteiger partial charge in [0.05, 0.1) is 0 Å². The number of aryl methyl sites for hydroxylation is 1. The highest BCUT2D eigenvalue weighted by atomic mass is 35.5. The number of amides is 1. The molecule has 4 heteroatoms. The first-order valence-corrected chi connectivity index (χ1v) is 8.77. The first-order valence-electron chi connectivity index (χ1n) is 8.77. The van der Waals surface area contributed by atoms with E-state index in [9.17, 15) is 4.79 Å². The van der Waals surface area contributed by atoms with Gasteiger partial charge in [0.25, 0.3) is 0 Å². The fourth-order valence-corrected chi connectivity index (χ4v) is 3.08. The zero-order chi connectivity index (χ0) is 15.8. The Labute approximate surface area is 147 Å². The highest BCUT2D eigenvalue weighted by Crippen LogP contribution is 2.20. The molecule has 0 unspecified atom stereocenters. The third kappa shape index (κ3) is 6.52. The van der Waals surface area contributed by atoms with Crippen molar-refractivity contribution in [1.29, 1.82) is 0 Å². The number of rotatable bonds is 7. The summed E-state index contributed by atoms with van der Waals surface area (Å²) in [5.74, 6) is 0.954. The lowest BCUT2D eigenvalue weighted by Gasteiger charge is -2.23. The van der Waals surface area contributed by atoms with E-state index in [1.807, 2.05) is 11.9 Å². The molecule has 23 heavy (non-hydrogen) atoms. The summed E-state index contributed by atoms with van der Waals surface area (Å²) < 4.78 is 0. The van der Waals surface area contributed by atoms with E-state index >= 15 is 0 Å². The maximum Gasteiger partial charge on any atom is 0.226 e. The topological polar surface area (TPSA) is 32.3 Å². The Balaban J connectivity index is 0.00000264. The molecule has 1 N–H and O–H groups in total. The number of halogens is 1. The van der Waals surface area contributed by atoms with Crippen LogP contribution in [0.15, 0.2) is 24.3 Å². The Morgan fingerprint density at radius 2 is 1.87 bits per heavy atom. The molecule has 0 aliphatic carbocycles. The van der Waals surface area contributed by atoms with Crippen molar-refractivity contribution in [1.82, 2.24) is 5.32 Å². The molecular weight excluding hydrogens is 308 g/mol. The summed E-state index contributed by atoms with van der Waals surface area (Å²) in [5.41, 5.74) is 2.37. The van der Waals surface area contributed by atoms with Gasteiger partial charge < -0.3 is 10.2 Å². The van der Waals surface area contributed by atoms with Crippen molar-refractivity contribution in [3.8, 4) is 0 Å². The second kappa shape index (κ2) is 10.7. The Hall–Kier alpha value is -1.06. The summed E-state index contributed by atoms with van der Waals surface area (Å²) in [6.07, 6.45) is 7.69. The molecule has 1 aromatic rings. The number of unbranched alkanes of at least 4 members (excludes halogenated alkanes) is 1. The van der Waals surface area contributed by atoms with Crippen LogP contribution in [0.25, 0.3) is 0 Å². The van der Waals surface area contributed by atoms with Crippen LogP contribution in [0.4, 0.5) is 5.69 Å². The predicted molar refractivity (Wildman–Crippen MR) is 101 cm³/mol. The molecule has 0 atom stereocenters. The maximum atomic E-state index is 12.4. The van der Waals surface area contributed by atoms with Crippen LogP contribution in [0.1, 0.15) is 51.0 Å². The smallest absolute Gasteiger partial charge is 0.226 e. The van der Waals surface area contributed by atoms with Crippen molar-refractivity contribution in [3.63, 3.8) is 0 Å². The largest absolute Gasteiger partial charge is 0.317 e. The minimum absolute atomic E-state index is 0. The third-order valence-corrected chi connectivity index (χ3v) is 4.74. The van der Waals surface area contributed by atoms with Crippen LogP contribution < -0.4 is 10.2 Å². The molecule has 0 spiro atoms. The zero-order valence-corrected chi connectivity index (χ0v) is 15.3. The van der Waals surface area contributed by atoms with Gasteiger partial charge in [-0.25, -0.2) is 0 Å². The third-order valence-electron chi connectivity index (χ3n) is 4.74. The second-order valence-electron chi connectivity index (χ2n) is 6.45. The van der Waals surface area contributed by atoms with Gasteiger partial charge in [-0.15, -0.1) is 12.4 Å². The van der Waals surface area contributed by atoms with E-state index in [1.165, 1.54) is 31.2 Å². The summed E-state index contributed by atoms with van der Waals surface area (Å²) >= 11 is 0. The van der Waals surface area contributed by atoms with E-state index in [1.54, 1.807) is 0 Å². The standard InChI is InChI=1S/C19H30N2O.ClH/c1-3-4-5-16-6-9-18(10-7-16)21(2)19(22)11-8-17-12-14-20-15-13-17;/h6-7,9-10,17,20H,3-5,8,11-15H2,1-2H3;1H. The van der Waals surface area contributed by atoms with E-state index in [-0.39, 0.29) is 18.3 Å². The number of piperidine rings is 1. The number of benzene rings is 1. The van der Waals surface area contributed by atoms with Gasteiger partial charge in [-0.3, -0.25) is 4.79 Å². The number of hydrogen-bond acceptors (Lipinski definition) is 2. The lowest BCUT2D eigenvalue weighted by atomic mass is 9.93. The van der Waals surface area contributed by atoms with Gasteiger partial charge in [0.1, 0.15) is 0 Å². The quantitative estimate of drug-likeness (QED) is 0.808. The molecule has 1 aromatic carbocycles. The van der Waals surface area contributed by atoms with Gasteiger partial charge in [0.15, 0.2) is 0 Å². The van der Waals surface area contributed by atoms with Gasteiger partial charge in [-0.2, -0.15) is 0 Å². The highest BCUT2D eigenvalue weighted by Gasteiger charge is 2.17. The predicted octanol–water partition coefficient (Wildman–Crippen LogP) is 4.19. The average molecular weight is 339 g/mol. The van der Waals surface area contributed by atoms with Crippen LogP contribution in [-0.4, -0.2) is 26.0 Å². The van der Waals surface area contributed by atoms with Crippen molar-refractivity contribution < 1.29 is 4.79 Å². The van der Waals surface area contributed by atoms with Gasteiger partial charge >= 0.3 is 0 Å². The van der Waals surface area contributed by atoms with E-state index < -0.39 is 0 Å². The number of hydrogen-bond donors (Lipinski definition) is 1. The fraction of sp³-hybridized carbons (Fsp3) is 0.632. The molecule has 2 rings (SSSR count). The van der Waals surface area contributed by atoms with Crippen molar-refractivity contribution in [2.75, 3.05) is 25.0 Å². The molecule has 0 bridgehead atoms. The van der Waals surface area contributed by atoms with Crippen LogP contribution in [-0.2, 0) is 11.2 Å². The molecule has 0 aromatic heterocycles. The lowest BCUT2D eigenvalue weighted by Crippen LogP contribution is -2.30. The molecule has 1 aliphatic heterocycles. The van der Waals surface area contributed by atoms with Crippen LogP contribution in [0, 0.1) is 5.92 Å². The minimum atomic E-state index is 0. The van der Waals surface area contributed by atoms with Gasteiger partial charge in [0, 0.05) is 19.2 Å². The van der Waals surface area contributed by atoms with Gasteiger partial charge in [-0.1, -0.05) is 25.5 Å². The van der Waals surface area contributed by atoms with Crippen molar-refractivity contribution in [2.45, 2.75) is 51.9 Å². The summed E-state index contributed by atoms with van der Waals surface area (Å²) in [5, 5.41) is 3.38.